The molecular formula is C24H39NO4. The van der Waals surface area contributed by atoms with E-state index < -0.39 is 0 Å². The zero-order valence-corrected chi connectivity index (χ0v) is 18.9. The quantitative estimate of drug-likeness (QED) is 0.662. The van der Waals surface area contributed by atoms with Crippen LogP contribution in [-0.2, 0) is 19.1 Å². The molecule has 5 nitrogen and oxygen atoms in total. The molecule has 0 radical (unpaired) electrons. The van der Waals surface area contributed by atoms with Gasteiger partial charge >= 0.3 is 5.97 Å². The molecule has 1 saturated heterocycles. The molecule has 3 saturated carbocycles. The Morgan fingerprint density at radius 1 is 1.14 bits per heavy atom. The fourth-order valence-electron chi connectivity index (χ4n) is 8.18. The van der Waals surface area contributed by atoms with Gasteiger partial charge in [-0.25, -0.2) is 4.79 Å². The monoisotopic (exact) mass is 405 g/mol. The van der Waals surface area contributed by atoms with Crippen molar-refractivity contribution in [2.45, 2.75) is 84.8 Å². The zero-order chi connectivity index (χ0) is 21.0. The Kier molecular flexibility index (Phi) is 5.50. The van der Waals surface area contributed by atoms with Crippen molar-refractivity contribution in [3.63, 3.8) is 0 Å². The Bertz CT molecular complexity index is 665. The number of hydrogen-bond donors (Lipinski definition) is 0. The van der Waals surface area contributed by atoms with Crippen molar-refractivity contribution < 1.29 is 19.1 Å². The summed E-state index contributed by atoms with van der Waals surface area (Å²) in [6, 6.07) is 0.407. The highest BCUT2D eigenvalue weighted by Crippen LogP contribution is 2.66. The maximum absolute atomic E-state index is 12.3. The minimum atomic E-state index is -0.247. The van der Waals surface area contributed by atoms with Crippen LogP contribution >= 0.6 is 0 Å². The predicted octanol–water partition coefficient (Wildman–Crippen LogP) is 4.04. The number of carbonyl (C=O) groups excluding carboxylic acids is 2. The molecule has 0 spiro atoms. The van der Waals surface area contributed by atoms with Crippen molar-refractivity contribution >= 4 is 11.9 Å². The van der Waals surface area contributed by atoms with Gasteiger partial charge in [-0.1, -0.05) is 20.8 Å². The molecule has 1 heterocycles. The SMILES string of the molecule is CCOC(=O)CO[C@H]1C(C)CC2C3CC[C@H]4N(C)C(=O)CC[C@]4(C)C3CC[C@@]21C. The molecule has 8 atom stereocenters. The minimum Gasteiger partial charge on any atom is -0.464 e. The average molecular weight is 406 g/mol. The molecule has 0 N–H and O–H groups in total. The van der Waals surface area contributed by atoms with Gasteiger partial charge < -0.3 is 14.4 Å². The molecule has 4 unspecified atom stereocenters. The summed E-state index contributed by atoms with van der Waals surface area (Å²) < 4.78 is 11.3. The number of rotatable bonds is 4. The minimum absolute atomic E-state index is 0.0753. The maximum atomic E-state index is 12.3. The maximum Gasteiger partial charge on any atom is 0.332 e. The van der Waals surface area contributed by atoms with Crippen LogP contribution in [0.3, 0.4) is 0 Å². The van der Waals surface area contributed by atoms with Crippen LogP contribution in [-0.4, -0.2) is 49.2 Å². The summed E-state index contributed by atoms with van der Waals surface area (Å²) in [4.78, 5) is 26.3. The number of ether oxygens (including phenoxy) is 2. The van der Waals surface area contributed by atoms with Gasteiger partial charge in [0, 0.05) is 19.5 Å². The van der Waals surface area contributed by atoms with E-state index in [4.69, 9.17) is 9.47 Å². The topological polar surface area (TPSA) is 55.8 Å². The molecule has 4 aliphatic rings. The lowest BCUT2D eigenvalue weighted by molar-refractivity contribution is -0.167. The second-order valence-electron chi connectivity index (χ2n) is 10.8. The van der Waals surface area contributed by atoms with Crippen molar-refractivity contribution in [1.82, 2.24) is 4.90 Å². The van der Waals surface area contributed by atoms with Crippen LogP contribution in [0, 0.1) is 34.5 Å². The van der Waals surface area contributed by atoms with Gasteiger partial charge in [-0.2, -0.15) is 0 Å². The molecule has 1 aliphatic heterocycles. The smallest absolute Gasteiger partial charge is 0.332 e. The lowest BCUT2D eigenvalue weighted by Crippen LogP contribution is -2.61. The molecular weight excluding hydrogens is 366 g/mol. The van der Waals surface area contributed by atoms with Crippen LogP contribution < -0.4 is 0 Å². The lowest BCUT2D eigenvalue weighted by Gasteiger charge is -2.61. The van der Waals surface area contributed by atoms with Gasteiger partial charge in [0.15, 0.2) is 0 Å². The predicted molar refractivity (Wildman–Crippen MR) is 111 cm³/mol. The van der Waals surface area contributed by atoms with Crippen molar-refractivity contribution in [2.75, 3.05) is 20.3 Å². The fraction of sp³-hybridized carbons (Fsp3) is 0.917. The van der Waals surface area contributed by atoms with Crippen molar-refractivity contribution in [3.8, 4) is 0 Å². The molecule has 1 amide bonds. The Labute approximate surface area is 175 Å². The van der Waals surface area contributed by atoms with Crippen LogP contribution in [0.1, 0.15) is 72.6 Å². The molecule has 4 fully saturated rings. The Balaban J connectivity index is 1.53. The number of likely N-dealkylation sites (tertiary alicyclic amines) is 1. The largest absolute Gasteiger partial charge is 0.464 e. The number of hydrogen-bond acceptors (Lipinski definition) is 4. The zero-order valence-electron chi connectivity index (χ0n) is 18.9. The third-order valence-corrected chi connectivity index (χ3v) is 9.47. The summed E-state index contributed by atoms with van der Waals surface area (Å²) in [6.45, 7) is 9.50. The highest BCUT2D eigenvalue weighted by molar-refractivity contribution is 5.77. The summed E-state index contributed by atoms with van der Waals surface area (Å²) in [7, 11) is 2.02. The number of esters is 1. The standard InChI is InChI=1S/C24H39NO4/c1-6-28-21(27)14-29-22-15(2)13-18-16-7-8-19-23(3,12-10-20(26)25(19)5)17(16)9-11-24(18,22)4/h15-19,22H,6-14H2,1-5H3/t15?,16?,17?,18?,19-,22+,23-,24+/m1/s1. The van der Waals surface area contributed by atoms with Gasteiger partial charge in [-0.05, 0) is 80.0 Å². The second-order valence-corrected chi connectivity index (χ2v) is 10.8. The Hall–Kier alpha value is -1.10. The fourth-order valence-corrected chi connectivity index (χ4v) is 8.18. The summed E-state index contributed by atoms with van der Waals surface area (Å²) in [6.07, 6.45) is 7.82. The average Bonchev–Trinajstić information content (AvgIpc) is 2.93. The summed E-state index contributed by atoms with van der Waals surface area (Å²) in [5.74, 6) is 2.63. The van der Waals surface area contributed by atoms with E-state index in [0.29, 0.717) is 42.7 Å². The summed E-state index contributed by atoms with van der Waals surface area (Å²) in [5.41, 5.74) is 0.396. The first kappa shape index (κ1) is 21.1. The van der Waals surface area contributed by atoms with E-state index in [-0.39, 0.29) is 29.5 Å². The van der Waals surface area contributed by atoms with Crippen molar-refractivity contribution in [2.24, 2.45) is 34.5 Å². The number of carbonyl (C=O) groups is 2. The highest BCUT2D eigenvalue weighted by Gasteiger charge is 2.62. The van der Waals surface area contributed by atoms with E-state index in [0.717, 1.165) is 25.2 Å². The van der Waals surface area contributed by atoms with Crippen molar-refractivity contribution in [1.29, 1.82) is 0 Å². The van der Waals surface area contributed by atoms with Gasteiger partial charge in [-0.3, -0.25) is 4.79 Å². The normalized spacial score (nSPS) is 46.7. The van der Waals surface area contributed by atoms with Crippen LogP contribution in [0.5, 0.6) is 0 Å². The van der Waals surface area contributed by atoms with E-state index in [9.17, 15) is 9.59 Å². The number of piperidine rings is 1. The number of nitrogens with zero attached hydrogens (tertiary/aromatic N) is 1. The highest BCUT2D eigenvalue weighted by atomic mass is 16.6. The van der Waals surface area contributed by atoms with Crippen LogP contribution in [0.25, 0.3) is 0 Å². The molecule has 5 heteroatoms. The van der Waals surface area contributed by atoms with E-state index in [2.05, 4.69) is 25.7 Å². The third kappa shape index (κ3) is 3.23. The molecule has 29 heavy (non-hydrogen) atoms. The van der Waals surface area contributed by atoms with E-state index in [1.165, 1.54) is 19.3 Å². The second kappa shape index (κ2) is 7.55. The van der Waals surface area contributed by atoms with Gasteiger partial charge in [0.1, 0.15) is 6.61 Å². The number of amides is 1. The van der Waals surface area contributed by atoms with Gasteiger partial charge in [0.2, 0.25) is 5.91 Å². The Morgan fingerprint density at radius 2 is 1.90 bits per heavy atom. The lowest BCUT2D eigenvalue weighted by atomic mass is 9.47. The molecule has 0 aromatic rings. The van der Waals surface area contributed by atoms with Gasteiger partial charge in [-0.15, -0.1) is 0 Å². The first-order valence-electron chi connectivity index (χ1n) is 11.7. The molecule has 3 aliphatic carbocycles. The first-order chi connectivity index (χ1) is 13.7. The van der Waals surface area contributed by atoms with Gasteiger partial charge in [0.05, 0.1) is 12.7 Å². The molecule has 0 aromatic carbocycles. The van der Waals surface area contributed by atoms with E-state index in [1.807, 2.05) is 14.0 Å². The molecule has 164 valence electrons. The third-order valence-electron chi connectivity index (χ3n) is 9.47. The van der Waals surface area contributed by atoms with Crippen molar-refractivity contribution in [3.05, 3.63) is 0 Å². The van der Waals surface area contributed by atoms with E-state index in [1.54, 1.807) is 0 Å². The molecule has 0 aromatic heterocycles. The first-order valence-corrected chi connectivity index (χ1v) is 11.7. The molecule has 0 bridgehead atoms. The summed E-state index contributed by atoms with van der Waals surface area (Å²) in [5, 5.41) is 0. The van der Waals surface area contributed by atoms with Crippen LogP contribution in [0.2, 0.25) is 0 Å². The van der Waals surface area contributed by atoms with Crippen LogP contribution in [0.15, 0.2) is 0 Å². The number of fused-ring (bicyclic) bond motifs is 5. The van der Waals surface area contributed by atoms with Crippen LogP contribution in [0.4, 0.5) is 0 Å². The van der Waals surface area contributed by atoms with Gasteiger partial charge in [0.25, 0.3) is 0 Å². The van der Waals surface area contributed by atoms with E-state index >= 15 is 0 Å². The molecule has 4 rings (SSSR count). The Morgan fingerprint density at radius 3 is 2.62 bits per heavy atom. The summed E-state index contributed by atoms with van der Waals surface area (Å²) >= 11 is 0.